The van der Waals surface area contributed by atoms with Crippen molar-refractivity contribution >= 4 is 11.8 Å². The summed E-state index contributed by atoms with van der Waals surface area (Å²) < 4.78 is 77.2. The summed E-state index contributed by atoms with van der Waals surface area (Å²) in [5, 5.41) is 9.81. The minimum absolute atomic E-state index is 0.116. The van der Waals surface area contributed by atoms with E-state index in [0.717, 1.165) is 29.5 Å². The van der Waals surface area contributed by atoms with Gasteiger partial charge in [-0.1, -0.05) is 97.1 Å². The van der Waals surface area contributed by atoms with Crippen molar-refractivity contribution in [2.45, 2.75) is 127 Å². The van der Waals surface area contributed by atoms with Gasteiger partial charge in [0.05, 0.1) is 48.9 Å². The second-order valence-electron chi connectivity index (χ2n) is 18.8. The molecule has 4 aromatic carbocycles. The van der Waals surface area contributed by atoms with Crippen LogP contribution >= 0.6 is 0 Å². The Bertz CT molecular complexity index is 2360. The maximum Gasteiger partial charge on any atom is 0.217 e. The zero-order valence-electron chi connectivity index (χ0n) is 40.2. The average molecular weight is 966 g/mol. The van der Waals surface area contributed by atoms with Crippen LogP contribution < -0.4 is 16.0 Å². The lowest BCUT2D eigenvalue weighted by atomic mass is 9.64. The summed E-state index contributed by atoms with van der Waals surface area (Å²) >= 11 is 0. The van der Waals surface area contributed by atoms with Crippen LogP contribution in [0.3, 0.4) is 0 Å². The SMILES string of the molecule is CC(=O)NC1(c2cnco2)CCC(CO[C@H](C)c2cc(CF)cc(CF)c2)(c2ccccc2)CC1.CC(=O)N[C@@]1(c2cnco2)CC[C@@](CO[C@H](C)c2cc(CF)cc(CF)c2)(c2ccccc2)NC1. The number of hydrogen-bond acceptors (Lipinski definition) is 9. The molecule has 0 radical (unpaired) electrons. The van der Waals surface area contributed by atoms with E-state index in [1.165, 1.54) is 38.3 Å². The largest absolute Gasteiger partial charge is 0.446 e. The molecule has 6 aromatic rings. The molecule has 4 atom stereocenters. The topological polar surface area (TPSA) is 141 Å². The number of amides is 2. The van der Waals surface area contributed by atoms with Crippen LogP contribution in [0.1, 0.15) is 134 Å². The van der Waals surface area contributed by atoms with Crippen molar-refractivity contribution in [2.24, 2.45) is 0 Å². The molecule has 3 N–H and O–H groups in total. The third-order valence-electron chi connectivity index (χ3n) is 14.0. The number of piperidine rings is 1. The number of aromatic nitrogens is 2. The smallest absolute Gasteiger partial charge is 0.217 e. The van der Waals surface area contributed by atoms with Gasteiger partial charge < -0.3 is 34.3 Å². The summed E-state index contributed by atoms with van der Waals surface area (Å²) in [5.74, 6) is 0.981. The lowest BCUT2D eigenvalue weighted by Gasteiger charge is -2.47. The average Bonchev–Trinajstić information content (AvgIpc) is 4.16. The number of nitrogens with one attached hydrogen (secondary N) is 3. The van der Waals surface area contributed by atoms with E-state index in [9.17, 15) is 27.2 Å². The van der Waals surface area contributed by atoms with Gasteiger partial charge in [0.15, 0.2) is 18.5 Å². The summed E-state index contributed by atoms with van der Waals surface area (Å²) in [4.78, 5) is 32.2. The summed E-state index contributed by atoms with van der Waals surface area (Å²) in [6.45, 7) is 5.38. The molecule has 2 aliphatic rings. The van der Waals surface area contributed by atoms with Crippen LogP contribution in [0.2, 0.25) is 0 Å². The number of carbonyl (C=O) groups excluding carboxylic acids is 2. The first kappa shape index (κ1) is 51.7. The lowest BCUT2D eigenvalue weighted by molar-refractivity contribution is -0.123. The fraction of sp³-hybridized carbons (Fsp3) is 0.418. The van der Waals surface area contributed by atoms with E-state index in [1.807, 2.05) is 62.4 Å². The fourth-order valence-electron chi connectivity index (χ4n) is 10.1. The molecule has 372 valence electrons. The van der Waals surface area contributed by atoms with E-state index < -0.39 is 43.3 Å². The van der Waals surface area contributed by atoms with Gasteiger partial charge in [-0.15, -0.1) is 0 Å². The third kappa shape index (κ3) is 12.0. The van der Waals surface area contributed by atoms with Crippen LogP contribution in [0.25, 0.3) is 0 Å². The Kier molecular flexibility index (Phi) is 17.1. The number of nitrogens with zero attached hydrogens (tertiary/aromatic N) is 2. The van der Waals surface area contributed by atoms with Crippen molar-refractivity contribution in [1.29, 1.82) is 0 Å². The van der Waals surface area contributed by atoms with Gasteiger partial charge in [0.2, 0.25) is 11.8 Å². The van der Waals surface area contributed by atoms with Crippen LogP contribution in [0.5, 0.6) is 0 Å². The summed E-state index contributed by atoms with van der Waals surface area (Å²) in [7, 11) is 0. The van der Waals surface area contributed by atoms with Gasteiger partial charge in [-0.25, -0.2) is 27.5 Å². The second-order valence-corrected chi connectivity index (χ2v) is 18.8. The normalized spacial score (nSPS) is 23.1. The van der Waals surface area contributed by atoms with Crippen LogP contribution in [0.4, 0.5) is 17.6 Å². The zero-order chi connectivity index (χ0) is 49.8. The molecular formula is C55H63F4N5O6. The predicted octanol–water partition coefficient (Wildman–Crippen LogP) is 11.2. The van der Waals surface area contributed by atoms with E-state index in [1.54, 1.807) is 42.7 Å². The standard InChI is InChI=1S/C28H32F2N2O3.C27H31F2N3O3/c1-20(24-13-22(15-29)12-23(14-24)16-30)34-18-27(25-6-4-3-5-7-25)8-10-28(11-9-27,32-21(2)33)26-17-31-19-35-26;1-19(23-11-21(13-28)10-22(12-23)14-29)34-17-27(24-6-4-3-5-7-24)9-8-26(16-31-27,32-20(2)33)25-15-30-18-35-25/h3-7,12-14,17,19-20H,8-11,15-16,18H2,1-2H3,(H,32,33);3-7,10-12,15,18-19,31H,8-9,13-14,16-17H2,1-2H3,(H,32,33)/t20-,27?,28?;19-,26+,27-/m11/s1. The molecule has 11 nitrogen and oxygen atoms in total. The Morgan fingerprint density at radius 2 is 1.03 bits per heavy atom. The van der Waals surface area contributed by atoms with E-state index in [2.05, 4.69) is 38.1 Å². The number of rotatable bonds is 18. The van der Waals surface area contributed by atoms with Crippen LogP contribution in [0, 0.1) is 0 Å². The van der Waals surface area contributed by atoms with Crippen LogP contribution in [-0.4, -0.2) is 41.5 Å². The molecule has 1 aliphatic carbocycles. The van der Waals surface area contributed by atoms with Gasteiger partial charge in [0.1, 0.15) is 38.0 Å². The molecule has 0 spiro atoms. The molecule has 0 bridgehead atoms. The van der Waals surface area contributed by atoms with Gasteiger partial charge in [-0.05, 0) is 96.9 Å². The molecule has 2 amide bonds. The number of carbonyl (C=O) groups is 2. The van der Waals surface area contributed by atoms with Gasteiger partial charge >= 0.3 is 0 Å². The number of benzene rings is 4. The third-order valence-corrected chi connectivity index (χ3v) is 14.0. The minimum atomic E-state index is -0.724. The van der Waals surface area contributed by atoms with Crippen LogP contribution in [-0.2, 0) is 67.8 Å². The summed E-state index contributed by atoms with van der Waals surface area (Å²) in [5.41, 5.74) is 3.36. The van der Waals surface area contributed by atoms with Crippen LogP contribution in [0.15, 0.2) is 131 Å². The molecule has 3 heterocycles. The highest BCUT2D eigenvalue weighted by atomic mass is 19.1. The van der Waals surface area contributed by atoms with Gasteiger partial charge in [0.25, 0.3) is 0 Å². The van der Waals surface area contributed by atoms with Crippen molar-refractivity contribution in [3.63, 3.8) is 0 Å². The van der Waals surface area contributed by atoms with Crippen molar-refractivity contribution in [3.05, 3.63) is 178 Å². The Morgan fingerprint density at radius 3 is 1.44 bits per heavy atom. The molecule has 70 heavy (non-hydrogen) atoms. The fourth-order valence-corrected chi connectivity index (χ4v) is 10.1. The lowest BCUT2D eigenvalue weighted by Crippen LogP contribution is -2.62. The van der Waals surface area contributed by atoms with Crippen molar-refractivity contribution < 1.29 is 45.5 Å². The Morgan fingerprint density at radius 1 is 0.600 bits per heavy atom. The van der Waals surface area contributed by atoms with E-state index in [4.69, 9.17) is 18.3 Å². The Labute approximate surface area is 407 Å². The molecule has 15 heteroatoms. The highest BCUT2D eigenvalue weighted by Gasteiger charge is 2.48. The summed E-state index contributed by atoms with van der Waals surface area (Å²) in [6.07, 6.45) is 9.44. The molecular weight excluding hydrogens is 903 g/mol. The highest BCUT2D eigenvalue weighted by Crippen LogP contribution is 2.48. The van der Waals surface area contributed by atoms with Gasteiger partial charge in [-0.3, -0.25) is 9.59 Å². The number of alkyl halides is 4. The first-order valence-electron chi connectivity index (χ1n) is 23.7. The van der Waals surface area contributed by atoms with Gasteiger partial charge in [0, 0.05) is 25.8 Å². The monoisotopic (exact) mass is 965 g/mol. The first-order valence-corrected chi connectivity index (χ1v) is 23.7. The highest BCUT2D eigenvalue weighted by molar-refractivity contribution is 5.74. The molecule has 2 fully saturated rings. The van der Waals surface area contributed by atoms with E-state index in [0.29, 0.717) is 79.2 Å². The van der Waals surface area contributed by atoms with Crippen molar-refractivity contribution in [1.82, 2.24) is 25.9 Å². The number of halogens is 4. The first-order chi connectivity index (χ1) is 33.8. The van der Waals surface area contributed by atoms with Crippen molar-refractivity contribution in [3.8, 4) is 0 Å². The second kappa shape index (κ2) is 23.2. The quantitative estimate of drug-likeness (QED) is 0.0718. The van der Waals surface area contributed by atoms with Gasteiger partial charge in [-0.2, -0.15) is 0 Å². The minimum Gasteiger partial charge on any atom is -0.446 e. The summed E-state index contributed by atoms with van der Waals surface area (Å²) in [6, 6.07) is 30.3. The van der Waals surface area contributed by atoms with Crippen molar-refractivity contribution in [2.75, 3.05) is 19.8 Å². The number of ether oxygens (including phenoxy) is 2. The van der Waals surface area contributed by atoms with E-state index >= 15 is 0 Å². The number of hydrogen-bond donors (Lipinski definition) is 3. The Hall–Kier alpha value is -6.16. The molecule has 8 rings (SSSR count). The molecule has 1 aliphatic heterocycles. The predicted molar refractivity (Wildman–Crippen MR) is 257 cm³/mol. The number of oxazole rings is 2. The van der Waals surface area contributed by atoms with E-state index in [-0.39, 0.29) is 29.4 Å². The zero-order valence-corrected chi connectivity index (χ0v) is 40.2. The maximum absolute atomic E-state index is 13.3. The Balaban J connectivity index is 0.000000206. The molecule has 1 saturated heterocycles. The molecule has 2 aromatic heterocycles. The molecule has 1 saturated carbocycles. The molecule has 0 unspecified atom stereocenters. The maximum atomic E-state index is 13.3.